The maximum Gasteiger partial charge on any atom is 0.251 e. The number of carbonyl (C=O) groups excluding carboxylic acids is 1. The number of benzene rings is 1. The summed E-state index contributed by atoms with van der Waals surface area (Å²) in [6.07, 6.45) is 3.22. The Balaban J connectivity index is 1.81. The topological polar surface area (TPSA) is 38.3 Å². The van der Waals surface area contributed by atoms with Crippen LogP contribution >= 0.6 is 15.9 Å². The maximum atomic E-state index is 13.3. The maximum absolute atomic E-state index is 13.3. The van der Waals surface area contributed by atoms with E-state index in [1.807, 2.05) is 0 Å². The number of carbonyl (C=O) groups is 1. The summed E-state index contributed by atoms with van der Waals surface area (Å²) in [4.78, 5) is 11.7. The molecule has 0 radical (unpaired) electrons. The van der Waals surface area contributed by atoms with E-state index in [1.54, 1.807) is 6.07 Å². The fourth-order valence-electron chi connectivity index (χ4n) is 1.96. The molecule has 1 fully saturated rings. The number of hydrogen-bond donors (Lipinski definition) is 1. The molecule has 0 aliphatic carbocycles. The van der Waals surface area contributed by atoms with Gasteiger partial charge in [-0.25, -0.2) is 4.39 Å². The van der Waals surface area contributed by atoms with E-state index in [1.165, 1.54) is 12.1 Å². The molecule has 1 unspecified atom stereocenters. The molecule has 0 spiro atoms. The minimum absolute atomic E-state index is 0.251. The van der Waals surface area contributed by atoms with E-state index >= 15 is 0 Å². The van der Waals surface area contributed by atoms with E-state index in [0.717, 1.165) is 25.9 Å². The summed E-state index contributed by atoms with van der Waals surface area (Å²) in [5, 5.41) is 2.77. The zero-order valence-corrected chi connectivity index (χ0v) is 11.5. The molecule has 1 aliphatic rings. The van der Waals surface area contributed by atoms with E-state index in [0.29, 0.717) is 16.6 Å². The first-order valence-electron chi connectivity index (χ1n) is 6.01. The van der Waals surface area contributed by atoms with Gasteiger partial charge in [0.2, 0.25) is 0 Å². The van der Waals surface area contributed by atoms with Crippen molar-refractivity contribution < 1.29 is 13.9 Å². The molecule has 1 saturated heterocycles. The SMILES string of the molecule is O=C(NCCC1CCCO1)c1ccc(Br)c(F)c1. The third-order valence-electron chi connectivity index (χ3n) is 2.96. The number of amides is 1. The Hall–Kier alpha value is -0.940. The first kappa shape index (κ1) is 13.5. The first-order valence-corrected chi connectivity index (χ1v) is 6.81. The van der Waals surface area contributed by atoms with E-state index in [4.69, 9.17) is 4.74 Å². The summed E-state index contributed by atoms with van der Waals surface area (Å²) >= 11 is 3.05. The average Bonchev–Trinajstić information content (AvgIpc) is 2.85. The van der Waals surface area contributed by atoms with Crippen LogP contribution in [0, 0.1) is 5.82 Å². The molecule has 0 aromatic heterocycles. The number of ether oxygens (including phenoxy) is 1. The van der Waals surface area contributed by atoms with Crippen LogP contribution in [-0.2, 0) is 4.74 Å². The number of halogens is 2. The van der Waals surface area contributed by atoms with Gasteiger partial charge in [0.05, 0.1) is 10.6 Å². The summed E-state index contributed by atoms with van der Waals surface area (Å²) < 4.78 is 19.1. The molecule has 5 heteroatoms. The summed E-state index contributed by atoms with van der Waals surface area (Å²) in [7, 11) is 0. The monoisotopic (exact) mass is 315 g/mol. The van der Waals surface area contributed by atoms with Crippen molar-refractivity contribution in [3.05, 3.63) is 34.1 Å². The van der Waals surface area contributed by atoms with Crippen LogP contribution in [-0.4, -0.2) is 25.2 Å². The van der Waals surface area contributed by atoms with Gasteiger partial charge in [0, 0.05) is 18.7 Å². The molecule has 2 rings (SSSR count). The Labute approximate surface area is 114 Å². The van der Waals surface area contributed by atoms with E-state index in [2.05, 4.69) is 21.2 Å². The van der Waals surface area contributed by atoms with Crippen molar-refractivity contribution in [2.24, 2.45) is 0 Å². The molecule has 0 bridgehead atoms. The molecule has 18 heavy (non-hydrogen) atoms. The Morgan fingerprint density at radius 1 is 1.56 bits per heavy atom. The quantitative estimate of drug-likeness (QED) is 0.927. The molecule has 0 saturated carbocycles. The second kappa shape index (κ2) is 6.29. The highest BCUT2D eigenvalue weighted by Gasteiger charge is 2.15. The predicted octanol–water partition coefficient (Wildman–Crippen LogP) is 2.89. The highest BCUT2D eigenvalue weighted by Crippen LogP contribution is 2.17. The van der Waals surface area contributed by atoms with Gasteiger partial charge in [0.1, 0.15) is 5.82 Å². The van der Waals surface area contributed by atoms with E-state index < -0.39 is 5.82 Å². The Morgan fingerprint density at radius 2 is 2.39 bits per heavy atom. The Morgan fingerprint density at radius 3 is 3.06 bits per heavy atom. The third kappa shape index (κ3) is 3.53. The molecule has 1 atom stereocenters. The molecule has 1 amide bonds. The summed E-state index contributed by atoms with van der Waals surface area (Å²) in [6, 6.07) is 4.35. The smallest absolute Gasteiger partial charge is 0.251 e. The van der Waals surface area contributed by atoms with E-state index in [-0.39, 0.29) is 12.0 Å². The zero-order chi connectivity index (χ0) is 13.0. The second-order valence-electron chi connectivity index (χ2n) is 4.31. The summed E-state index contributed by atoms with van der Waals surface area (Å²) in [5.74, 6) is -0.679. The van der Waals surface area contributed by atoms with Crippen LogP contribution in [0.4, 0.5) is 4.39 Å². The van der Waals surface area contributed by atoms with Gasteiger partial charge in [-0.1, -0.05) is 0 Å². The van der Waals surface area contributed by atoms with Crippen molar-refractivity contribution in [3.8, 4) is 0 Å². The molecular weight excluding hydrogens is 301 g/mol. The Kier molecular flexibility index (Phi) is 4.72. The summed E-state index contributed by atoms with van der Waals surface area (Å²) in [6.45, 7) is 1.37. The van der Waals surface area contributed by atoms with Gasteiger partial charge in [0.25, 0.3) is 5.91 Å². The lowest BCUT2D eigenvalue weighted by molar-refractivity contribution is 0.0907. The molecule has 3 nitrogen and oxygen atoms in total. The van der Waals surface area contributed by atoms with Crippen molar-refractivity contribution >= 4 is 21.8 Å². The van der Waals surface area contributed by atoms with Gasteiger partial charge in [-0.2, -0.15) is 0 Å². The van der Waals surface area contributed by atoms with Gasteiger partial charge in [-0.05, 0) is 53.4 Å². The van der Waals surface area contributed by atoms with Crippen LogP contribution < -0.4 is 5.32 Å². The van der Waals surface area contributed by atoms with Gasteiger partial charge in [-0.3, -0.25) is 4.79 Å². The van der Waals surface area contributed by atoms with Crippen LogP contribution in [0.1, 0.15) is 29.6 Å². The lowest BCUT2D eigenvalue weighted by Gasteiger charge is -2.10. The molecule has 1 N–H and O–H groups in total. The molecule has 1 aromatic carbocycles. The minimum atomic E-state index is -0.429. The average molecular weight is 316 g/mol. The standard InChI is InChI=1S/C13H15BrFNO2/c14-11-4-3-9(8-12(11)15)13(17)16-6-5-10-2-1-7-18-10/h3-4,8,10H,1-2,5-7H2,(H,16,17). The molecular formula is C13H15BrFNO2. The van der Waals surface area contributed by atoms with Crippen LogP contribution in [0.15, 0.2) is 22.7 Å². The lowest BCUT2D eigenvalue weighted by atomic mass is 10.1. The molecule has 1 aromatic rings. The van der Waals surface area contributed by atoms with Crippen LogP contribution in [0.5, 0.6) is 0 Å². The van der Waals surface area contributed by atoms with E-state index in [9.17, 15) is 9.18 Å². The lowest BCUT2D eigenvalue weighted by Crippen LogP contribution is -2.27. The second-order valence-corrected chi connectivity index (χ2v) is 5.16. The van der Waals surface area contributed by atoms with Gasteiger partial charge >= 0.3 is 0 Å². The zero-order valence-electron chi connectivity index (χ0n) is 9.92. The van der Waals surface area contributed by atoms with Crippen LogP contribution in [0.2, 0.25) is 0 Å². The highest BCUT2D eigenvalue weighted by atomic mass is 79.9. The van der Waals surface area contributed by atoms with Crippen molar-refractivity contribution in [1.29, 1.82) is 0 Å². The molecule has 98 valence electrons. The van der Waals surface area contributed by atoms with Crippen molar-refractivity contribution in [2.45, 2.75) is 25.4 Å². The molecule has 1 heterocycles. The highest BCUT2D eigenvalue weighted by molar-refractivity contribution is 9.10. The summed E-state index contributed by atoms with van der Waals surface area (Å²) in [5.41, 5.74) is 0.336. The normalized spacial score (nSPS) is 18.9. The largest absolute Gasteiger partial charge is 0.378 e. The van der Waals surface area contributed by atoms with Gasteiger partial charge in [0.15, 0.2) is 0 Å². The fraction of sp³-hybridized carbons (Fsp3) is 0.462. The van der Waals surface area contributed by atoms with Crippen molar-refractivity contribution in [1.82, 2.24) is 5.32 Å². The van der Waals surface area contributed by atoms with Crippen molar-refractivity contribution in [2.75, 3.05) is 13.2 Å². The van der Waals surface area contributed by atoms with Crippen LogP contribution in [0.25, 0.3) is 0 Å². The number of nitrogens with one attached hydrogen (secondary N) is 1. The first-order chi connectivity index (χ1) is 8.66. The van der Waals surface area contributed by atoms with Gasteiger partial charge < -0.3 is 10.1 Å². The molecule has 1 aliphatic heterocycles. The minimum Gasteiger partial charge on any atom is -0.378 e. The Bertz CT molecular complexity index is 433. The predicted molar refractivity (Wildman–Crippen MR) is 70.0 cm³/mol. The van der Waals surface area contributed by atoms with Gasteiger partial charge in [-0.15, -0.1) is 0 Å². The van der Waals surface area contributed by atoms with Crippen molar-refractivity contribution in [3.63, 3.8) is 0 Å². The number of rotatable bonds is 4. The third-order valence-corrected chi connectivity index (χ3v) is 3.60. The number of hydrogen-bond acceptors (Lipinski definition) is 2. The van der Waals surface area contributed by atoms with Crippen LogP contribution in [0.3, 0.4) is 0 Å². The fourth-order valence-corrected chi connectivity index (χ4v) is 2.20.